The number of hydrogen-bond acceptors (Lipinski definition) is 5. The van der Waals surface area contributed by atoms with Crippen LogP contribution < -0.4 is 5.32 Å². The zero-order valence-electron chi connectivity index (χ0n) is 11.1. The molecule has 0 aliphatic carbocycles. The Morgan fingerprint density at radius 1 is 1.24 bits per heavy atom. The summed E-state index contributed by atoms with van der Waals surface area (Å²) in [6.07, 6.45) is 1.49. The normalized spacial score (nSPS) is 20.7. The van der Waals surface area contributed by atoms with Crippen LogP contribution in [0.1, 0.15) is 29.6 Å². The molecule has 1 unspecified atom stereocenters. The first-order valence-electron chi connectivity index (χ1n) is 6.40. The van der Waals surface area contributed by atoms with Crippen LogP contribution in [0.4, 0.5) is 5.69 Å². The van der Waals surface area contributed by atoms with Gasteiger partial charge in [0.1, 0.15) is 16.6 Å². The first-order valence-corrected chi connectivity index (χ1v) is 8.11. The number of carbonyl (C=O) groups excluding carboxylic acids is 1. The van der Waals surface area contributed by atoms with Gasteiger partial charge < -0.3 is 15.5 Å². The van der Waals surface area contributed by atoms with E-state index in [2.05, 4.69) is 5.32 Å². The Morgan fingerprint density at radius 3 is 2.52 bits per heavy atom. The second-order valence-electron chi connectivity index (χ2n) is 4.88. The highest BCUT2D eigenvalue weighted by Crippen LogP contribution is 2.24. The lowest BCUT2D eigenvalue weighted by atomic mass is 10.1. The van der Waals surface area contributed by atoms with Gasteiger partial charge in [0, 0.05) is 11.8 Å². The molecule has 0 bridgehead atoms. The Morgan fingerprint density at radius 2 is 1.95 bits per heavy atom. The molecular weight excluding hydrogens is 298 g/mol. The average molecular weight is 313 g/mol. The van der Waals surface area contributed by atoms with Gasteiger partial charge in [0.05, 0.1) is 5.75 Å². The second-order valence-corrected chi connectivity index (χ2v) is 7.18. The molecule has 0 aromatic heterocycles. The van der Waals surface area contributed by atoms with Crippen molar-refractivity contribution in [1.82, 2.24) is 0 Å². The van der Waals surface area contributed by atoms with Gasteiger partial charge in [-0.1, -0.05) is 6.42 Å². The van der Waals surface area contributed by atoms with Gasteiger partial charge >= 0.3 is 5.97 Å². The number of aromatic carboxylic acids is 1. The molecule has 1 atom stereocenters. The van der Waals surface area contributed by atoms with E-state index in [0.717, 1.165) is 12.1 Å². The Hall–Kier alpha value is -2.09. The van der Waals surface area contributed by atoms with Crippen LogP contribution in [0.25, 0.3) is 0 Å². The fraction of sp³-hybridized carbons (Fsp3) is 0.385. The highest BCUT2D eigenvalue weighted by atomic mass is 32.2. The zero-order chi connectivity index (χ0) is 15.6. The van der Waals surface area contributed by atoms with Crippen molar-refractivity contribution in [2.75, 3.05) is 11.1 Å². The molecule has 8 heteroatoms. The summed E-state index contributed by atoms with van der Waals surface area (Å²) < 4.78 is 23.7. The number of carboxylic acids is 1. The summed E-state index contributed by atoms with van der Waals surface area (Å²) in [5, 5.41) is 19.6. The largest absolute Gasteiger partial charge is 0.507 e. The maximum absolute atomic E-state index is 12.0. The van der Waals surface area contributed by atoms with Gasteiger partial charge in [0.2, 0.25) is 5.91 Å². The molecule has 0 spiro atoms. The molecular formula is C13H15NO6S. The van der Waals surface area contributed by atoms with E-state index >= 15 is 0 Å². The fourth-order valence-electron chi connectivity index (χ4n) is 2.26. The number of carbonyl (C=O) groups is 2. The summed E-state index contributed by atoms with van der Waals surface area (Å²) in [4.78, 5) is 22.8. The lowest BCUT2D eigenvalue weighted by Gasteiger charge is -2.21. The number of phenols is 1. The summed E-state index contributed by atoms with van der Waals surface area (Å²) in [5.74, 6) is -2.45. The summed E-state index contributed by atoms with van der Waals surface area (Å²) in [6.45, 7) is 0. The number of amides is 1. The molecule has 2 rings (SSSR count). The number of aromatic hydroxyl groups is 1. The Labute approximate surface area is 121 Å². The van der Waals surface area contributed by atoms with Crippen LogP contribution in [-0.2, 0) is 14.6 Å². The maximum atomic E-state index is 12.0. The number of hydrogen-bond donors (Lipinski definition) is 3. The highest BCUT2D eigenvalue weighted by Gasteiger charge is 2.34. The number of sulfone groups is 1. The molecule has 1 saturated heterocycles. The number of benzene rings is 1. The lowest BCUT2D eigenvalue weighted by Crippen LogP contribution is -2.39. The zero-order valence-corrected chi connectivity index (χ0v) is 11.9. The summed E-state index contributed by atoms with van der Waals surface area (Å²) in [6, 6.07) is 3.52. The van der Waals surface area contributed by atoms with E-state index in [4.69, 9.17) is 5.11 Å². The SMILES string of the molecule is O=C(O)c1ccc(NC(=O)C2CCCCS2(=O)=O)cc1O. The number of carboxylic acid groups (broad SMARTS) is 1. The van der Waals surface area contributed by atoms with Gasteiger partial charge in [-0.3, -0.25) is 4.79 Å². The van der Waals surface area contributed by atoms with Gasteiger partial charge in [-0.25, -0.2) is 13.2 Å². The van der Waals surface area contributed by atoms with E-state index < -0.39 is 32.7 Å². The minimum absolute atomic E-state index is 0.00567. The molecule has 1 aliphatic heterocycles. The second kappa shape index (κ2) is 5.72. The third-order valence-electron chi connectivity index (χ3n) is 3.37. The van der Waals surface area contributed by atoms with Crippen LogP contribution in [0.15, 0.2) is 18.2 Å². The molecule has 7 nitrogen and oxygen atoms in total. The predicted octanol–water partition coefficient (Wildman–Crippen LogP) is 0.996. The monoisotopic (exact) mass is 313 g/mol. The van der Waals surface area contributed by atoms with Crippen molar-refractivity contribution in [3.8, 4) is 5.75 Å². The lowest BCUT2D eigenvalue weighted by molar-refractivity contribution is -0.116. The fourth-order valence-corrected chi connectivity index (χ4v) is 4.06. The van der Waals surface area contributed by atoms with Gasteiger partial charge in [0.15, 0.2) is 9.84 Å². The maximum Gasteiger partial charge on any atom is 0.339 e. The Kier molecular flexibility index (Phi) is 4.17. The number of nitrogens with one attached hydrogen (secondary N) is 1. The molecule has 0 saturated carbocycles. The first-order chi connectivity index (χ1) is 9.81. The average Bonchev–Trinajstić information content (AvgIpc) is 2.37. The third kappa shape index (κ3) is 3.33. The van der Waals surface area contributed by atoms with Crippen LogP contribution in [0.5, 0.6) is 5.75 Å². The van der Waals surface area contributed by atoms with Crippen LogP contribution in [0.3, 0.4) is 0 Å². The van der Waals surface area contributed by atoms with Crippen LogP contribution in [0.2, 0.25) is 0 Å². The number of anilines is 1. The van der Waals surface area contributed by atoms with Crippen molar-refractivity contribution in [2.45, 2.75) is 24.5 Å². The van der Waals surface area contributed by atoms with Crippen molar-refractivity contribution < 1.29 is 28.2 Å². The van der Waals surface area contributed by atoms with Crippen LogP contribution in [0, 0.1) is 0 Å². The predicted molar refractivity (Wildman–Crippen MR) is 75.1 cm³/mol. The van der Waals surface area contributed by atoms with E-state index in [9.17, 15) is 23.1 Å². The van der Waals surface area contributed by atoms with Crippen molar-refractivity contribution >= 4 is 27.4 Å². The van der Waals surface area contributed by atoms with Crippen molar-refractivity contribution in [1.29, 1.82) is 0 Å². The molecule has 1 aromatic carbocycles. The summed E-state index contributed by atoms with van der Waals surface area (Å²) in [5.41, 5.74) is -0.137. The van der Waals surface area contributed by atoms with Crippen molar-refractivity contribution in [3.63, 3.8) is 0 Å². The van der Waals surface area contributed by atoms with E-state index in [0.29, 0.717) is 12.8 Å². The van der Waals surface area contributed by atoms with Gasteiger partial charge in [0.25, 0.3) is 0 Å². The van der Waals surface area contributed by atoms with E-state index in [1.54, 1.807) is 0 Å². The standard InChI is InChI=1S/C13H15NO6S/c15-10-7-8(4-5-9(10)13(17)18)14-12(16)11-3-1-2-6-21(11,19)20/h4-5,7,11,15H,1-3,6H2,(H,14,16)(H,17,18). The minimum atomic E-state index is -3.44. The summed E-state index contributed by atoms with van der Waals surface area (Å²) in [7, 11) is -3.44. The Balaban J connectivity index is 2.16. The molecule has 114 valence electrons. The van der Waals surface area contributed by atoms with Crippen LogP contribution in [-0.4, -0.2) is 41.5 Å². The molecule has 1 aromatic rings. The van der Waals surface area contributed by atoms with Crippen molar-refractivity contribution in [3.05, 3.63) is 23.8 Å². The molecule has 1 amide bonds. The first kappa shape index (κ1) is 15.3. The Bertz CT molecular complexity index is 682. The van der Waals surface area contributed by atoms with E-state index in [1.807, 2.05) is 0 Å². The minimum Gasteiger partial charge on any atom is -0.507 e. The van der Waals surface area contributed by atoms with Crippen molar-refractivity contribution in [2.24, 2.45) is 0 Å². The molecule has 21 heavy (non-hydrogen) atoms. The molecule has 3 N–H and O–H groups in total. The topological polar surface area (TPSA) is 121 Å². The van der Waals surface area contributed by atoms with Gasteiger partial charge in [-0.15, -0.1) is 0 Å². The molecule has 1 fully saturated rings. The quantitative estimate of drug-likeness (QED) is 0.765. The molecule has 1 aliphatic rings. The molecule has 0 radical (unpaired) electrons. The van der Waals surface area contributed by atoms with E-state index in [-0.39, 0.29) is 23.4 Å². The molecule has 1 heterocycles. The van der Waals surface area contributed by atoms with Crippen LogP contribution >= 0.6 is 0 Å². The van der Waals surface area contributed by atoms with Gasteiger partial charge in [-0.05, 0) is 25.0 Å². The number of rotatable bonds is 3. The van der Waals surface area contributed by atoms with Gasteiger partial charge in [-0.2, -0.15) is 0 Å². The van der Waals surface area contributed by atoms with E-state index in [1.165, 1.54) is 6.07 Å². The smallest absolute Gasteiger partial charge is 0.339 e. The highest BCUT2D eigenvalue weighted by molar-refractivity contribution is 7.92. The third-order valence-corrected chi connectivity index (χ3v) is 5.54. The summed E-state index contributed by atoms with van der Waals surface area (Å²) >= 11 is 0.